The number of amides is 1. The van der Waals surface area contributed by atoms with Gasteiger partial charge >= 0.3 is 0 Å². The van der Waals surface area contributed by atoms with E-state index < -0.39 is 0 Å². The van der Waals surface area contributed by atoms with Crippen molar-refractivity contribution in [2.75, 3.05) is 6.61 Å². The molecule has 94 valence electrons. The van der Waals surface area contributed by atoms with Crippen molar-refractivity contribution in [3.8, 4) is 0 Å². The molecule has 1 aliphatic carbocycles. The first-order valence-corrected chi connectivity index (χ1v) is 6.07. The standard InChI is InChI=1S/C13H25NO2/c1-8(2)9(7-15)14-11(16)10-12(3,4)13(10,5)6/h8-10,15H,7H2,1-6H3,(H,14,16). The van der Waals surface area contributed by atoms with Crippen molar-refractivity contribution in [3.63, 3.8) is 0 Å². The SMILES string of the molecule is CC(C)C(CO)NC(=O)C1C(C)(C)C1(C)C. The van der Waals surface area contributed by atoms with Crippen LogP contribution in [0.3, 0.4) is 0 Å². The molecule has 1 atom stereocenters. The van der Waals surface area contributed by atoms with Gasteiger partial charge in [-0.15, -0.1) is 0 Å². The molecule has 16 heavy (non-hydrogen) atoms. The van der Waals surface area contributed by atoms with E-state index in [0.717, 1.165) is 0 Å². The van der Waals surface area contributed by atoms with Gasteiger partial charge in [-0.2, -0.15) is 0 Å². The van der Waals surface area contributed by atoms with Crippen molar-refractivity contribution in [2.45, 2.75) is 47.6 Å². The molecule has 0 aliphatic heterocycles. The molecule has 1 fully saturated rings. The minimum absolute atomic E-state index is 0.0109. The summed E-state index contributed by atoms with van der Waals surface area (Å²) in [7, 11) is 0. The average Bonchev–Trinajstić information content (AvgIpc) is 2.52. The molecule has 0 saturated heterocycles. The van der Waals surface area contributed by atoms with E-state index in [4.69, 9.17) is 0 Å². The third kappa shape index (κ3) is 1.97. The Hall–Kier alpha value is -0.570. The molecule has 3 nitrogen and oxygen atoms in total. The van der Waals surface area contributed by atoms with Crippen molar-refractivity contribution >= 4 is 5.91 Å². The predicted molar refractivity (Wildman–Crippen MR) is 64.9 cm³/mol. The largest absolute Gasteiger partial charge is 0.394 e. The summed E-state index contributed by atoms with van der Waals surface area (Å²) in [5.41, 5.74) is 0.127. The Balaban J connectivity index is 2.62. The van der Waals surface area contributed by atoms with Crippen LogP contribution in [-0.2, 0) is 4.79 Å². The molecule has 1 saturated carbocycles. The second-order valence-corrected chi connectivity index (χ2v) is 6.42. The van der Waals surface area contributed by atoms with E-state index in [-0.39, 0.29) is 41.2 Å². The van der Waals surface area contributed by atoms with Crippen LogP contribution in [0, 0.1) is 22.7 Å². The van der Waals surface area contributed by atoms with Crippen molar-refractivity contribution in [3.05, 3.63) is 0 Å². The number of aliphatic hydroxyl groups excluding tert-OH is 1. The van der Waals surface area contributed by atoms with Crippen molar-refractivity contribution in [1.29, 1.82) is 0 Å². The highest BCUT2D eigenvalue weighted by Gasteiger charge is 2.68. The number of rotatable bonds is 4. The lowest BCUT2D eigenvalue weighted by molar-refractivity contribution is -0.124. The number of aliphatic hydroxyl groups is 1. The minimum Gasteiger partial charge on any atom is -0.394 e. The summed E-state index contributed by atoms with van der Waals surface area (Å²) in [4.78, 5) is 12.1. The van der Waals surface area contributed by atoms with Gasteiger partial charge in [-0.1, -0.05) is 41.5 Å². The Bertz CT molecular complexity index is 268. The molecule has 0 heterocycles. The number of nitrogens with one attached hydrogen (secondary N) is 1. The van der Waals surface area contributed by atoms with E-state index in [1.165, 1.54) is 0 Å². The molecule has 2 N–H and O–H groups in total. The zero-order valence-electron chi connectivity index (χ0n) is 11.3. The Morgan fingerprint density at radius 2 is 1.69 bits per heavy atom. The first-order chi connectivity index (χ1) is 7.16. The lowest BCUT2D eigenvalue weighted by atomic mass is 10.0. The van der Waals surface area contributed by atoms with E-state index in [1.807, 2.05) is 13.8 Å². The summed E-state index contributed by atoms with van der Waals surface area (Å²) in [6, 6.07) is -0.125. The second-order valence-electron chi connectivity index (χ2n) is 6.42. The summed E-state index contributed by atoms with van der Waals surface area (Å²) < 4.78 is 0. The summed E-state index contributed by atoms with van der Waals surface area (Å²) in [5, 5.41) is 12.1. The molecule has 1 rings (SSSR count). The summed E-state index contributed by atoms with van der Waals surface area (Å²) in [6.45, 7) is 12.5. The molecule has 1 unspecified atom stereocenters. The van der Waals surface area contributed by atoms with Crippen molar-refractivity contribution < 1.29 is 9.90 Å². The van der Waals surface area contributed by atoms with E-state index in [2.05, 4.69) is 33.0 Å². The molecular weight excluding hydrogens is 202 g/mol. The molecule has 0 aromatic carbocycles. The molecule has 0 bridgehead atoms. The molecule has 0 aromatic heterocycles. The fourth-order valence-electron chi connectivity index (χ4n) is 2.54. The lowest BCUT2D eigenvalue weighted by Gasteiger charge is -2.20. The monoisotopic (exact) mass is 227 g/mol. The molecule has 1 amide bonds. The van der Waals surface area contributed by atoms with E-state index in [0.29, 0.717) is 0 Å². The third-order valence-electron chi connectivity index (χ3n) is 4.61. The topological polar surface area (TPSA) is 49.3 Å². The first kappa shape index (κ1) is 13.5. The highest BCUT2D eigenvalue weighted by atomic mass is 16.3. The van der Waals surface area contributed by atoms with E-state index in [1.54, 1.807) is 0 Å². The highest BCUT2D eigenvalue weighted by molar-refractivity contribution is 5.84. The van der Waals surface area contributed by atoms with Gasteiger partial charge in [0.05, 0.1) is 12.6 Å². The van der Waals surface area contributed by atoms with Crippen LogP contribution in [0.15, 0.2) is 0 Å². The van der Waals surface area contributed by atoms with Crippen LogP contribution in [0.25, 0.3) is 0 Å². The molecule has 1 aliphatic rings. The van der Waals surface area contributed by atoms with Crippen LogP contribution in [0.1, 0.15) is 41.5 Å². The maximum absolute atomic E-state index is 12.1. The average molecular weight is 227 g/mol. The molecule has 0 radical (unpaired) electrons. The first-order valence-electron chi connectivity index (χ1n) is 6.07. The quantitative estimate of drug-likeness (QED) is 0.769. The fraction of sp³-hybridized carbons (Fsp3) is 0.923. The van der Waals surface area contributed by atoms with Crippen LogP contribution in [0.2, 0.25) is 0 Å². The summed E-state index contributed by atoms with van der Waals surface area (Å²) >= 11 is 0. The van der Waals surface area contributed by atoms with Gasteiger partial charge in [0.2, 0.25) is 5.91 Å². The van der Waals surface area contributed by atoms with Crippen LogP contribution in [0.5, 0.6) is 0 Å². The Morgan fingerprint density at radius 1 is 1.25 bits per heavy atom. The normalized spacial score (nSPS) is 24.2. The number of hydrogen-bond acceptors (Lipinski definition) is 2. The zero-order chi connectivity index (χ0) is 12.7. The summed E-state index contributed by atoms with van der Waals surface area (Å²) in [5.74, 6) is 0.412. The number of carbonyl (C=O) groups is 1. The molecule has 0 spiro atoms. The van der Waals surface area contributed by atoms with E-state index in [9.17, 15) is 9.90 Å². The van der Waals surface area contributed by atoms with Gasteiger partial charge in [-0.3, -0.25) is 4.79 Å². The molecular formula is C13H25NO2. The number of hydrogen-bond donors (Lipinski definition) is 2. The van der Waals surface area contributed by atoms with Gasteiger partial charge in [0, 0.05) is 5.92 Å². The van der Waals surface area contributed by atoms with Crippen LogP contribution in [-0.4, -0.2) is 23.7 Å². The van der Waals surface area contributed by atoms with Gasteiger partial charge < -0.3 is 10.4 Å². The lowest BCUT2D eigenvalue weighted by Crippen LogP contribution is -2.42. The zero-order valence-corrected chi connectivity index (χ0v) is 11.3. The van der Waals surface area contributed by atoms with Crippen LogP contribution >= 0.6 is 0 Å². The summed E-state index contributed by atoms with van der Waals surface area (Å²) in [6.07, 6.45) is 0. The maximum atomic E-state index is 12.1. The van der Waals surface area contributed by atoms with Crippen molar-refractivity contribution in [2.24, 2.45) is 22.7 Å². The van der Waals surface area contributed by atoms with Crippen LogP contribution in [0.4, 0.5) is 0 Å². The van der Waals surface area contributed by atoms with Crippen molar-refractivity contribution in [1.82, 2.24) is 5.32 Å². The second kappa shape index (κ2) is 4.02. The smallest absolute Gasteiger partial charge is 0.224 e. The van der Waals surface area contributed by atoms with Gasteiger partial charge in [0.25, 0.3) is 0 Å². The highest BCUT2D eigenvalue weighted by Crippen LogP contribution is 2.68. The van der Waals surface area contributed by atoms with Gasteiger partial charge in [-0.05, 0) is 16.7 Å². The maximum Gasteiger partial charge on any atom is 0.224 e. The fourth-order valence-corrected chi connectivity index (χ4v) is 2.54. The Labute approximate surface area is 98.6 Å². The molecule has 0 aromatic rings. The minimum atomic E-state index is -0.125. The van der Waals surface area contributed by atoms with Crippen LogP contribution < -0.4 is 5.32 Å². The van der Waals surface area contributed by atoms with Gasteiger partial charge in [0.15, 0.2) is 0 Å². The number of carbonyl (C=O) groups excluding carboxylic acids is 1. The van der Waals surface area contributed by atoms with Gasteiger partial charge in [0.1, 0.15) is 0 Å². The van der Waals surface area contributed by atoms with E-state index >= 15 is 0 Å². The van der Waals surface area contributed by atoms with Gasteiger partial charge in [-0.25, -0.2) is 0 Å². The predicted octanol–water partition coefficient (Wildman–Crippen LogP) is 1.80. The third-order valence-corrected chi connectivity index (χ3v) is 4.61. The Morgan fingerprint density at radius 3 is 1.94 bits per heavy atom. The molecule has 3 heteroatoms. The Kier molecular flexibility index (Phi) is 3.39.